The molecule has 4 heterocycles. The molecule has 50 heavy (non-hydrogen) atoms. The Kier molecular flexibility index (Phi) is 11.2. The molecule has 0 saturated heterocycles. The number of benzene rings is 4. The Labute approximate surface area is 326 Å². The van der Waals surface area contributed by atoms with Crippen molar-refractivity contribution >= 4 is 104 Å². The normalized spacial score (nSPS) is 11.1. The number of hydrogen-bond acceptors (Lipinski definition) is 8. The molecule has 0 bridgehead atoms. The highest BCUT2D eigenvalue weighted by Crippen LogP contribution is 2.50. The molecule has 4 aromatic heterocycles. The van der Waals surface area contributed by atoms with Crippen LogP contribution >= 0.6 is 92.4 Å². The predicted molar refractivity (Wildman–Crippen MR) is 225 cm³/mol. The fourth-order valence-corrected chi connectivity index (χ4v) is 14.1. The van der Waals surface area contributed by atoms with Crippen LogP contribution in [-0.4, -0.2) is 0 Å². The molecular weight excluding hydrogens is 761 g/mol. The van der Waals surface area contributed by atoms with Crippen LogP contribution in [0.3, 0.4) is 0 Å². The lowest BCUT2D eigenvalue weighted by Crippen LogP contribution is -1.90. The zero-order valence-electron chi connectivity index (χ0n) is 26.4. The van der Waals surface area contributed by atoms with E-state index in [-0.39, 0.29) is 0 Å². The van der Waals surface area contributed by atoms with E-state index in [1.54, 1.807) is 0 Å². The van der Waals surface area contributed by atoms with Crippen LogP contribution < -0.4 is 0 Å². The zero-order valence-corrected chi connectivity index (χ0v) is 33.0. The standard InChI is InChI=1S/C42H28S8/c1-5-13-29(14-6-1)43-37-25-21-33(47-37)41(34-22-26-38(48-34)44-30-15-7-2-8-16-30)42(35-23-27-39(49-35)45-31-17-9-3-10-18-31)36-24-28-40(50-36)46-32-19-11-4-12-20-32/h1-28H. The summed E-state index contributed by atoms with van der Waals surface area (Å²) < 4.78 is 5.15. The second-order valence-corrected chi connectivity index (χ2v) is 20.7. The molecule has 0 amide bonds. The van der Waals surface area contributed by atoms with Gasteiger partial charge < -0.3 is 0 Å². The van der Waals surface area contributed by atoms with Crippen molar-refractivity contribution in [1.82, 2.24) is 0 Å². The fraction of sp³-hybridized carbons (Fsp3) is 0. The van der Waals surface area contributed by atoms with Crippen molar-refractivity contribution in [3.05, 3.63) is 189 Å². The maximum Gasteiger partial charge on any atom is 0.0652 e. The van der Waals surface area contributed by atoms with Crippen molar-refractivity contribution in [3.8, 4) is 0 Å². The molecule has 8 rings (SSSR count). The summed E-state index contributed by atoms with van der Waals surface area (Å²) in [5.41, 5.74) is 2.60. The summed E-state index contributed by atoms with van der Waals surface area (Å²) in [4.78, 5) is 10.2. The molecular formula is C42H28S8. The van der Waals surface area contributed by atoms with E-state index in [2.05, 4.69) is 170 Å². The van der Waals surface area contributed by atoms with E-state index in [4.69, 9.17) is 0 Å². The van der Waals surface area contributed by atoms with Gasteiger partial charge in [0.05, 0.1) is 16.8 Å². The smallest absolute Gasteiger partial charge is 0.0652 e. The number of rotatable bonds is 12. The van der Waals surface area contributed by atoms with Crippen LogP contribution in [-0.2, 0) is 0 Å². The van der Waals surface area contributed by atoms with E-state index in [0.717, 1.165) is 0 Å². The minimum Gasteiger partial charge on any atom is -0.128 e. The Morgan fingerprint density at radius 1 is 0.260 bits per heavy atom. The first-order chi connectivity index (χ1) is 24.7. The van der Waals surface area contributed by atoms with Crippen molar-refractivity contribution in [1.29, 1.82) is 0 Å². The summed E-state index contributed by atoms with van der Waals surface area (Å²) in [6, 6.07) is 61.2. The lowest BCUT2D eigenvalue weighted by atomic mass is 10.0. The average Bonchev–Trinajstić information content (AvgIpc) is 3.99. The van der Waals surface area contributed by atoms with Gasteiger partial charge in [-0.05, 0) is 97.1 Å². The Hall–Kier alpha value is -3.18. The molecule has 0 atom stereocenters. The maximum atomic E-state index is 2.33. The second-order valence-electron chi connectivity index (χ2n) is 10.9. The van der Waals surface area contributed by atoms with Crippen LogP contribution in [0.4, 0.5) is 0 Å². The van der Waals surface area contributed by atoms with Gasteiger partial charge in [0, 0.05) is 50.2 Å². The van der Waals surface area contributed by atoms with Crippen LogP contribution in [0.1, 0.15) is 19.5 Å². The minimum atomic E-state index is 1.26. The first-order valence-electron chi connectivity index (χ1n) is 15.8. The van der Waals surface area contributed by atoms with Gasteiger partial charge in [-0.2, -0.15) is 0 Å². The van der Waals surface area contributed by atoms with E-state index in [9.17, 15) is 0 Å². The fourth-order valence-electron chi connectivity index (χ4n) is 5.19. The molecule has 244 valence electrons. The lowest BCUT2D eigenvalue weighted by Gasteiger charge is -2.12. The van der Waals surface area contributed by atoms with Crippen molar-refractivity contribution in [3.63, 3.8) is 0 Å². The Balaban J connectivity index is 1.26. The van der Waals surface area contributed by atoms with E-state index in [0.29, 0.717) is 0 Å². The highest BCUT2D eigenvalue weighted by atomic mass is 32.2. The zero-order chi connectivity index (χ0) is 33.5. The van der Waals surface area contributed by atoms with Gasteiger partial charge in [-0.1, -0.05) is 120 Å². The van der Waals surface area contributed by atoms with E-state index < -0.39 is 0 Å². The van der Waals surface area contributed by atoms with E-state index in [1.165, 1.54) is 67.1 Å². The van der Waals surface area contributed by atoms with Crippen molar-refractivity contribution in [2.45, 2.75) is 36.4 Å². The van der Waals surface area contributed by atoms with E-state index in [1.807, 2.05) is 92.4 Å². The van der Waals surface area contributed by atoms with Crippen LogP contribution in [0.25, 0.3) is 11.1 Å². The molecule has 0 aliphatic heterocycles. The molecule has 0 aliphatic rings. The molecule has 0 radical (unpaired) electrons. The SMILES string of the molecule is c1ccc(Sc2ccc(C(=C(c3ccc(Sc4ccccc4)s3)c3ccc(Sc4ccccc4)s3)c3ccc(Sc4ccccc4)s3)s2)cc1. The summed E-state index contributed by atoms with van der Waals surface area (Å²) in [7, 11) is 0. The molecule has 0 N–H and O–H groups in total. The molecule has 0 nitrogen and oxygen atoms in total. The highest BCUT2D eigenvalue weighted by Gasteiger charge is 2.23. The first kappa shape index (κ1) is 33.9. The average molecular weight is 789 g/mol. The van der Waals surface area contributed by atoms with Gasteiger partial charge in [0.2, 0.25) is 0 Å². The van der Waals surface area contributed by atoms with Crippen molar-refractivity contribution in [2.24, 2.45) is 0 Å². The van der Waals surface area contributed by atoms with Gasteiger partial charge in [-0.15, -0.1) is 45.3 Å². The predicted octanol–water partition coefficient (Wildman–Crippen LogP) is 15.5. The molecule has 0 fully saturated rings. The summed E-state index contributed by atoms with van der Waals surface area (Å²) >= 11 is 14.9. The van der Waals surface area contributed by atoms with Gasteiger partial charge in [0.15, 0.2) is 0 Å². The summed E-state index contributed by atoms with van der Waals surface area (Å²) in [5, 5.41) is 0. The van der Waals surface area contributed by atoms with Crippen molar-refractivity contribution < 1.29 is 0 Å². The van der Waals surface area contributed by atoms with Crippen LogP contribution in [0.15, 0.2) is 206 Å². The topological polar surface area (TPSA) is 0 Å². The Bertz CT molecular complexity index is 1980. The van der Waals surface area contributed by atoms with Gasteiger partial charge >= 0.3 is 0 Å². The molecule has 8 heteroatoms. The number of hydrogen-bond donors (Lipinski definition) is 0. The third kappa shape index (κ3) is 8.47. The van der Waals surface area contributed by atoms with Gasteiger partial charge in [-0.25, -0.2) is 0 Å². The summed E-state index contributed by atoms with van der Waals surface area (Å²) in [6.45, 7) is 0. The van der Waals surface area contributed by atoms with Crippen LogP contribution in [0, 0.1) is 0 Å². The van der Waals surface area contributed by atoms with Crippen LogP contribution in [0.2, 0.25) is 0 Å². The summed E-state index contributed by atoms with van der Waals surface area (Å²) in [6.07, 6.45) is 0. The summed E-state index contributed by atoms with van der Waals surface area (Å²) in [5.74, 6) is 0. The first-order valence-corrected chi connectivity index (χ1v) is 22.3. The second kappa shape index (κ2) is 16.4. The van der Waals surface area contributed by atoms with Gasteiger partial charge in [-0.3, -0.25) is 0 Å². The van der Waals surface area contributed by atoms with Gasteiger partial charge in [0.1, 0.15) is 0 Å². The monoisotopic (exact) mass is 788 g/mol. The largest absolute Gasteiger partial charge is 0.128 e. The molecule has 0 unspecified atom stereocenters. The number of thiophene rings is 4. The molecule has 4 aromatic carbocycles. The molecule has 8 aromatic rings. The third-order valence-corrected chi connectivity index (χ3v) is 16.4. The minimum absolute atomic E-state index is 1.26. The Morgan fingerprint density at radius 3 is 0.700 bits per heavy atom. The van der Waals surface area contributed by atoms with Crippen molar-refractivity contribution in [2.75, 3.05) is 0 Å². The highest BCUT2D eigenvalue weighted by molar-refractivity contribution is 8.02. The quantitative estimate of drug-likeness (QED) is 0.121. The Morgan fingerprint density at radius 2 is 0.480 bits per heavy atom. The lowest BCUT2D eigenvalue weighted by molar-refractivity contribution is 1.46. The molecule has 0 aliphatic carbocycles. The van der Waals surface area contributed by atoms with Crippen LogP contribution in [0.5, 0.6) is 0 Å². The maximum absolute atomic E-state index is 2.33. The molecule has 0 saturated carbocycles. The third-order valence-electron chi connectivity index (χ3n) is 7.41. The molecule has 0 spiro atoms. The van der Waals surface area contributed by atoms with Gasteiger partial charge in [0.25, 0.3) is 0 Å². The van der Waals surface area contributed by atoms with E-state index >= 15 is 0 Å².